The minimum absolute atomic E-state index is 0.824. The lowest BCUT2D eigenvalue weighted by molar-refractivity contribution is 0.417. The Kier molecular flexibility index (Phi) is 4.48. The summed E-state index contributed by atoms with van der Waals surface area (Å²) in [6.45, 7) is 2.10. The molecule has 0 aromatic heterocycles. The molecule has 0 atom stereocenters. The van der Waals surface area contributed by atoms with Crippen LogP contribution in [0.3, 0.4) is 0 Å². The van der Waals surface area contributed by atoms with Crippen LogP contribution >= 0.6 is 0 Å². The van der Waals surface area contributed by atoms with Gasteiger partial charge in [-0.2, -0.15) is 0 Å². The molecule has 0 amide bonds. The van der Waals surface area contributed by atoms with Crippen molar-refractivity contribution in [3.8, 4) is 5.75 Å². The van der Waals surface area contributed by atoms with Crippen molar-refractivity contribution in [2.45, 2.75) is 6.92 Å². The van der Waals surface area contributed by atoms with Gasteiger partial charge in [0.05, 0.1) is 12.8 Å². The van der Waals surface area contributed by atoms with Crippen LogP contribution in [0.1, 0.15) is 5.56 Å². The maximum absolute atomic E-state index is 5.38. The molecule has 3 aromatic carbocycles. The van der Waals surface area contributed by atoms with Crippen LogP contribution in [0.5, 0.6) is 5.75 Å². The molecule has 0 aliphatic carbocycles. The summed E-state index contributed by atoms with van der Waals surface area (Å²) in [6, 6.07) is 24.3. The fourth-order valence-electron chi connectivity index (χ4n) is 2.45. The lowest BCUT2D eigenvalue weighted by atomic mass is 10.2. The van der Waals surface area contributed by atoms with E-state index in [1.54, 1.807) is 7.11 Å². The molecule has 0 bridgehead atoms. The van der Waals surface area contributed by atoms with Gasteiger partial charge in [-0.25, -0.2) is 0 Å². The van der Waals surface area contributed by atoms with Gasteiger partial charge in [0.1, 0.15) is 5.75 Å². The first-order valence-corrected chi connectivity index (χ1v) is 7.59. The third-order valence-electron chi connectivity index (χ3n) is 3.67. The maximum Gasteiger partial charge on any atom is 0.142 e. The predicted octanol–water partition coefficient (Wildman–Crippen LogP) is 5.49. The Bertz CT molecular complexity index is 799. The topological polar surface area (TPSA) is 33.3 Å². The number of anilines is 4. The molecule has 0 heterocycles. The summed E-state index contributed by atoms with van der Waals surface area (Å²) >= 11 is 0. The molecule has 0 aliphatic rings. The molecule has 0 saturated heterocycles. The Morgan fingerprint density at radius 1 is 0.696 bits per heavy atom. The second-order valence-electron chi connectivity index (χ2n) is 5.35. The Morgan fingerprint density at radius 2 is 1.30 bits per heavy atom. The van der Waals surface area contributed by atoms with Crippen molar-refractivity contribution in [1.29, 1.82) is 0 Å². The molecule has 0 aliphatic heterocycles. The van der Waals surface area contributed by atoms with Gasteiger partial charge < -0.3 is 15.4 Å². The van der Waals surface area contributed by atoms with Crippen LogP contribution in [0, 0.1) is 6.92 Å². The zero-order chi connectivity index (χ0) is 16.1. The first-order valence-electron chi connectivity index (χ1n) is 7.59. The third-order valence-corrected chi connectivity index (χ3v) is 3.67. The monoisotopic (exact) mass is 304 g/mol. The Morgan fingerprint density at radius 3 is 2.00 bits per heavy atom. The quantitative estimate of drug-likeness (QED) is 0.654. The van der Waals surface area contributed by atoms with E-state index < -0.39 is 0 Å². The molecule has 0 unspecified atom stereocenters. The van der Waals surface area contributed by atoms with E-state index in [4.69, 9.17) is 4.74 Å². The van der Waals surface area contributed by atoms with E-state index in [2.05, 4.69) is 41.8 Å². The molecular weight excluding hydrogens is 284 g/mol. The Balaban J connectivity index is 1.81. The van der Waals surface area contributed by atoms with Crippen LogP contribution in [0.15, 0.2) is 72.8 Å². The summed E-state index contributed by atoms with van der Waals surface area (Å²) in [4.78, 5) is 0. The molecule has 2 N–H and O–H groups in total. The van der Waals surface area contributed by atoms with Crippen LogP contribution in [0.25, 0.3) is 0 Å². The van der Waals surface area contributed by atoms with E-state index in [9.17, 15) is 0 Å². The van der Waals surface area contributed by atoms with E-state index >= 15 is 0 Å². The van der Waals surface area contributed by atoms with Gasteiger partial charge in [-0.15, -0.1) is 0 Å². The molecule has 3 aromatic rings. The van der Waals surface area contributed by atoms with Crippen molar-refractivity contribution in [1.82, 2.24) is 0 Å². The summed E-state index contributed by atoms with van der Waals surface area (Å²) in [6.07, 6.45) is 0. The van der Waals surface area contributed by atoms with Crippen molar-refractivity contribution in [2.24, 2.45) is 0 Å². The number of methoxy groups -OCH3 is 1. The fraction of sp³-hybridized carbons (Fsp3) is 0.100. The average Bonchev–Trinajstić information content (AvgIpc) is 2.58. The summed E-state index contributed by atoms with van der Waals surface area (Å²) in [5, 5.41) is 6.85. The molecule has 0 fully saturated rings. The number of aryl methyl sites for hydroxylation is 1. The van der Waals surface area contributed by atoms with Gasteiger partial charge >= 0.3 is 0 Å². The van der Waals surface area contributed by atoms with Crippen LogP contribution in [-0.2, 0) is 0 Å². The van der Waals surface area contributed by atoms with Crippen LogP contribution in [0.4, 0.5) is 22.7 Å². The number of ether oxygens (including phenoxy) is 1. The van der Waals surface area contributed by atoms with Crippen molar-refractivity contribution in [2.75, 3.05) is 17.7 Å². The standard InChI is InChI=1S/C20H20N2O/c1-15-8-3-4-11-18(15)21-16-9-7-10-17(14-16)22-19-12-5-6-13-20(19)23-2/h3-14,21-22H,1-2H3. The van der Waals surface area contributed by atoms with Gasteiger partial charge in [0.25, 0.3) is 0 Å². The van der Waals surface area contributed by atoms with Crippen LogP contribution < -0.4 is 15.4 Å². The number of hydrogen-bond donors (Lipinski definition) is 2. The van der Waals surface area contributed by atoms with E-state index in [1.165, 1.54) is 5.56 Å². The largest absolute Gasteiger partial charge is 0.495 e. The zero-order valence-corrected chi connectivity index (χ0v) is 13.3. The molecule has 3 heteroatoms. The normalized spacial score (nSPS) is 10.2. The second kappa shape index (κ2) is 6.88. The minimum Gasteiger partial charge on any atom is -0.495 e. The highest BCUT2D eigenvalue weighted by Crippen LogP contribution is 2.29. The highest BCUT2D eigenvalue weighted by Gasteiger charge is 2.03. The van der Waals surface area contributed by atoms with E-state index in [-0.39, 0.29) is 0 Å². The van der Waals surface area contributed by atoms with E-state index in [0.29, 0.717) is 0 Å². The summed E-state index contributed by atoms with van der Waals surface area (Å²) in [5.74, 6) is 0.824. The Hall–Kier alpha value is -2.94. The van der Waals surface area contributed by atoms with Gasteiger partial charge in [0.15, 0.2) is 0 Å². The van der Waals surface area contributed by atoms with Gasteiger partial charge in [-0.1, -0.05) is 36.4 Å². The summed E-state index contributed by atoms with van der Waals surface area (Å²) < 4.78 is 5.38. The van der Waals surface area contributed by atoms with E-state index in [0.717, 1.165) is 28.5 Å². The lowest BCUT2D eigenvalue weighted by Crippen LogP contribution is -1.96. The Labute approximate surface area is 136 Å². The highest BCUT2D eigenvalue weighted by molar-refractivity contribution is 5.71. The van der Waals surface area contributed by atoms with Gasteiger partial charge in [0.2, 0.25) is 0 Å². The maximum atomic E-state index is 5.38. The van der Waals surface area contributed by atoms with Crippen LogP contribution in [-0.4, -0.2) is 7.11 Å². The average molecular weight is 304 g/mol. The van der Waals surface area contributed by atoms with Crippen molar-refractivity contribution in [3.05, 3.63) is 78.4 Å². The third kappa shape index (κ3) is 3.64. The van der Waals surface area contributed by atoms with Crippen molar-refractivity contribution >= 4 is 22.7 Å². The first kappa shape index (κ1) is 15.0. The smallest absolute Gasteiger partial charge is 0.142 e. The van der Waals surface area contributed by atoms with Crippen molar-refractivity contribution < 1.29 is 4.74 Å². The zero-order valence-electron chi connectivity index (χ0n) is 13.3. The van der Waals surface area contributed by atoms with Gasteiger partial charge in [-0.3, -0.25) is 0 Å². The molecule has 3 rings (SSSR count). The molecule has 0 radical (unpaired) electrons. The molecule has 23 heavy (non-hydrogen) atoms. The molecular formula is C20H20N2O. The van der Waals surface area contributed by atoms with Gasteiger partial charge in [-0.05, 0) is 48.9 Å². The number of hydrogen-bond acceptors (Lipinski definition) is 3. The summed E-state index contributed by atoms with van der Waals surface area (Å²) in [7, 11) is 1.68. The summed E-state index contributed by atoms with van der Waals surface area (Å²) in [5.41, 5.74) is 5.33. The second-order valence-corrected chi connectivity index (χ2v) is 5.35. The number of para-hydroxylation sites is 3. The highest BCUT2D eigenvalue weighted by atomic mass is 16.5. The fourth-order valence-corrected chi connectivity index (χ4v) is 2.45. The first-order chi connectivity index (χ1) is 11.3. The predicted molar refractivity (Wildman–Crippen MR) is 97.2 cm³/mol. The lowest BCUT2D eigenvalue weighted by Gasteiger charge is -2.13. The van der Waals surface area contributed by atoms with Gasteiger partial charge in [0, 0.05) is 17.1 Å². The molecule has 0 saturated carbocycles. The van der Waals surface area contributed by atoms with Crippen molar-refractivity contribution in [3.63, 3.8) is 0 Å². The van der Waals surface area contributed by atoms with E-state index in [1.807, 2.05) is 48.5 Å². The number of rotatable bonds is 5. The number of benzene rings is 3. The number of nitrogens with one attached hydrogen (secondary N) is 2. The van der Waals surface area contributed by atoms with Crippen LogP contribution in [0.2, 0.25) is 0 Å². The SMILES string of the molecule is COc1ccccc1Nc1cccc(Nc2ccccc2C)c1. The molecule has 3 nitrogen and oxygen atoms in total. The minimum atomic E-state index is 0.824. The molecule has 0 spiro atoms. The molecule has 116 valence electrons.